The number of nitro groups is 1. The molecule has 1 aromatic carbocycles. The van der Waals surface area contributed by atoms with Crippen LogP contribution in [0.25, 0.3) is 0 Å². The molecule has 1 aliphatic rings. The first-order valence-corrected chi connectivity index (χ1v) is 7.32. The van der Waals surface area contributed by atoms with Crippen LogP contribution in [0.5, 0.6) is 0 Å². The largest absolute Gasteiger partial charge is 0.351 e. The summed E-state index contributed by atoms with van der Waals surface area (Å²) in [6.45, 7) is 1.73. The van der Waals surface area contributed by atoms with E-state index in [-0.39, 0.29) is 18.0 Å². The number of benzene rings is 1. The Labute approximate surface area is 133 Å². The predicted molar refractivity (Wildman–Crippen MR) is 82.8 cm³/mol. The number of nitrogens with zero attached hydrogens (tertiary/aromatic N) is 1. The molecule has 1 atom stereocenters. The van der Waals surface area contributed by atoms with E-state index in [1.54, 1.807) is 18.2 Å². The van der Waals surface area contributed by atoms with Crippen molar-refractivity contribution in [2.24, 2.45) is 0 Å². The molecule has 1 aliphatic heterocycles. The van der Waals surface area contributed by atoms with E-state index in [0.29, 0.717) is 31.7 Å². The fourth-order valence-electron chi connectivity index (χ4n) is 2.13. The van der Waals surface area contributed by atoms with Crippen molar-refractivity contribution in [2.75, 3.05) is 32.7 Å². The maximum absolute atomic E-state index is 12.1. The first kappa shape index (κ1) is 16.8. The first-order chi connectivity index (χ1) is 11.1. The van der Waals surface area contributed by atoms with E-state index >= 15 is 0 Å². The van der Waals surface area contributed by atoms with Gasteiger partial charge in [0.15, 0.2) is 0 Å². The summed E-state index contributed by atoms with van der Waals surface area (Å²) in [5.41, 5.74) is 0.657. The number of carbonyl (C=O) groups is 2. The number of hydrogen-bond donors (Lipinski definition) is 4. The van der Waals surface area contributed by atoms with Crippen LogP contribution in [-0.4, -0.2) is 55.6 Å². The summed E-state index contributed by atoms with van der Waals surface area (Å²) in [5, 5.41) is 22.1. The summed E-state index contributed by atoms with van der Waals surface area (Å²) in [6.07, 6.45) is -1.06. The molecule has 1 aromatic rings. The van der Waals surface area contributed by atoms with Gasteiger partial charge in [-0.25, -0.2) is 0 Å². The Bertz CT molecular complexity index is 592. The van der Waals surface area contributed by atoms with Crippen LogP contribution in [0.3, 0.4) is 0 Å². The molecule has 23 heavy (non-hydrogen) atoms. The van der Waals surface area contributed by atoms with Gasteiger partial charge >= 0.3 is 0 Å². The average Bonchev–Trinajstić information content (AvgIpc) is 2.55. The van der Waals surface area contributed by atoms with Gasteiger partial charge in [0.25, 0.3) is 18.0 Å². The Morgan fingerprint density at radius 3 is 2.35 bits per heavy atom. The van der Waals surface area contributed by atoms with Gasteiger partial charge in [-0.1, -0.05) is 6.07 Å². The third-order valence-corrected chi connectivity index (χ3v) is 3.37. The lowest BCUT2D eigenvalue weighted by atomic mass is 10.1. The summed E-state index contributed by atoms with van der Waals surface area (Å²) in [6, 6.07) is 6.23. The van der Waals surface area contributed by atoms with Crippen molar-refractivity contribution in [1.29, 1.82) is 0 Å². The number of carbonyl (C=O) groups excluding carboxylic acids is 2. The maximum atomic E-state index is 12.1. The topological polar surface area (TPSA) is 125 Å². The minimum atomic E-state index is -1.06. The molecule has 0 aromatic heterocycles. The molecule has 2 amide bonds. The zero-order valence-corrected chi connectivity index (χ0v) is 12.5. The van der Waals surface area contributed by atoms with Gasteiger partial charge < -0.3 is 16.0 Å². The number of amides is 2. The lowest BCUT2D eigenvalue weighted by Gasteiger charge is -2.12. The van der Waals surface area contributed by atoms with Crippen LogP contribution in [0.4, 0.5) is 0 Å². The zero-order valence-electron chi connectivity index (χ0n) is 12.5. The van der Waals surface area contributed by atoms with Crippen LogP contribution in [-0.2, 0) is 0 Å². The minimum Gasteiger partial charge on any atom is -0.351 e. The Kier molecular flexibility index (Phi) is 6.01. The first-order valence-electron chi connectivity index (χ1n) is 7.32. The van der Waals surface area contributed by atoms with E-state index in [9.17, 15) is 19.7 Å². The Hall–Kier alpha value is -2.52. The van der Waals surface area contributed by atoms with E-state index in [1.807, 2.05) is 0 Å². The average molecular weight is 321 g/mol. The van der Waals surface area contributed by atoms with Gasteiger partial charge in [0.1, 0.15) is 6.54 Å². The molecule has 0 aliphatic carbocycles. The highest BCUT2D eigenvalue weighted by molar-refractivity contribution is 5.99. The van der Waals surface area contributed by atoms with E-state index in [2.05, 4.69) is 21.3 Å². The standard InChI is InChI=1S/C14H19N5O4/c20-13-10-2-1-3-11(8-10)14(21)18-9-12(19(22)23)16-6-4-15-5-7-17-13/h1-3,8,12,15-16H,4-7,9H2,(H,17,20)(H,18,21). The van der Waals surface area contributed by atoms with Crippen molar-refractivity contribution in [2.45, 2.75) is 6.17 Å². The van der Waals surface area contributed by atoms with E-state index < -0.39 is 17.0 Å². The van der Waals surface area contributed by atoms with Gasteiger partial charge in [0, 0.05) is 42.2 Å². The summed E-state index contributed by atoms with van der Waals surface area (Å²) in [7, 11) is 0. The van der Waals surface area contributed by atoms with Gasteiger partial charge in [-0.3, -0.25) is 25.0 Å². The van der Waals surface area contributed by atoms with Crippen LogP contribution < -0.4 is 21.3 Å². The third-order valence-electron chi connectivity index (χ3n) is 3.37. The quantitative estimate of drug-likeness (QED) is 0.386. The molecule has 2 rings (SSSR count). The molecule has 0 fully saturated rings. The minimum absolute atomic E-state index is 0.137. The fourth-order valence-corrected chi connectivity index (χ4v) is 2.13. The van der Waals surface area contributed by atoms with Gasteiger partial charge in [-0.15, -0.1) is 0 Å². The fraction of sp³-hybridized carbons (Fsp3) is 0.429. The molecular weight excluding hydrogens is 302 g/mol. The second-order valence-electron chi connectivity index (χ2n) is 5.05. The van der Waals surface area contributed by atoms with Crippen molar-refractivity contribution in [1.82, 2.24) is 21.3 Å². The summed E-state index contributed by atoms with van der Waals surface area (Å²) >= 11 is 0. The molecule has 0 saturated carbocycles. The Morgan fingerprint density at radius 1 is 1.00 bits per heavy atom. The Balaban J connectivity index is 2.14. The molecule has 2 bridgehead atoms. The molecule has 9 nitrogen and oxygen atoms in total. The summed E-state index contributed by atoms with van der Waals surface area (Å²) < 4.78 is 0. The van der Waals surface area contributed by atoms with Gasteiger partial charge in [-0.05, 0) is 18.2 Å². The van der Waals surface area contributed by atoms with Crippen molar-refractivity contribution < 1.29 is 14.5 Å². The zero-order chi connectivity index (χ0) is 16.7. The van der Waals surface area contributed by atoms with Crippen LogP contribution in [0.1, 0.15) is 20.7 Å². The van der Waals surface area contributed by atoms with Crippen molar-refractivity contribution in [3.05, 3.63) is 45.5 Å². The van der Waals surface area contributed by atoms with Gasteiger partial charge in [0.05, 0.1) is 0 Å². The van der Waals surface area contributed by atoms with E-state index in [1.165, 1.54) is 6.07 Å². The molecule has 9 heteroatoms. The summed E-state index contributed by atoms with van der Waals surface area (Å²) in [5.74, 6) is -0.723. The number of fused-ring (bicyclic) bond motifs is 2. The molecular formula is C14H19N5O4. The lowest BCUT2D eigenvalue weighted by Crippen LogP contribution is -2.47. The van der Waals surface area contributed by atoms with E-state index in [4.69, 9.17) is 0 Å². The molecule has 1 unspecified atom stereocenters. The molecule has 124 valence electrons. The molecule has 0 radical (unpaired) electrons. The second kappa shape index (κ2) is 8.20. The monoisotopic (exact) mass is 321 g/mol. The SMILES string of the molecule is O=C1NCCNCCNC([N+](=O)[O-])CNC(=O)c2cccc1c2. The van der Waals surface area contributed by atoms with E-state index in [0.717, 1.165) is 0 Å². The van der Waals surface area contributed by atoms with Crippen LogP contribution >= 0.6 is 0 Å². The van der Waals surface area contributed by atoms with Crippen LogP contribution in [0, 0.1) is 10.1 Å². The maximum Gasteiger partial charge on any atom is 0.283 e. The predicted octanol–water partition coefficient (Wildman–Crippen LogP) is -1.06. The molecule has 1 heterocycles. The number of hydrogen-bond acceptors (Lipinski definition) is 6. The lowest BCUT2D eigenvalue weighted by molar-refractivity contribution is -0.526. The van der Waals surface area contributed by atoms with Crippen LogP contribution in [0.2, 0.25) is 0 Å². The van der Waals surface area contributed by atoms with Crippen molar-refractivity contribution in [3.63, 3.8) is 0 Å². The summed E-state index contributed by atoms with van der Waals surface area (Å²) in [4.78, 5) is 34.6. The number of rotatable bonds is 1. The third kappa shape index (κ3) is 5.01. The molecule has 0 saturated heterocycles. The highest BCUT2D eigenvalue weighted by Crippen LogP contribution is 2.05. The van der Waals surface area contributed by atoms with Gasteiger partial charge in [-0.2, -0.15) is 0 Å². The highest BCUT2D eigenvalue weighted by atomic mass is 16.6. The number of nitrogens with one attached hydrogen (secondary N) is 4. The van der Waals surface area contributed by atoms with Crippen LogP contribution in [0.15, 0.2) is 24.3 Å². The highest BCUT2D eigenvalue weighted by Gasteiger charge is 2.20. The molecule has 0 spiro atoms. The van der Waals surface area contributed by atoms with Gasteiger partial charge in [0.2, 0.25) is 0 Å². The second-order valence-corrected chi connectivity index (χ2v) is 5.05. The van der Waals surface area contributed by atoms with Crippen molar-refractivity contribution >= 4 is 11.8 Å². The van der Waals surface area contributed by atoms with Crippen molar-refractivity contribution in [3.8, 4) is 0 Å². The Morgan fingerprint density at radius 2 is 1.65 bits per heavy atom. The molecule has 4 N–H and O–H groups in total. The normalized spacial score (nSPS) is 20.6. The smallest absolute Gasteiger partial charge is 0.283 e.